The quantitative estimate of drug-likeness (QED) is 0.196. The van der Waals surface area contributed by atoms with Crippen LogP contribution in [0.25, 0.3) is 87.6 Å². The minimum absolute atomic E-state index is 0.114. The Morgan fingerprint density at radius 3 is 2.00 bits per heavy atom. The molecular formula is C45H30O. The molecule has 0 N–H and O–H groups in total. The fourth-order valence-electron chi connectivity index (χ4n) is 8.21. The molecule has 0 spiro atoms. The molecule has 0 unspecified atom stereocenters. The topological polar surface area (TPSA) is 13.1 Å². The van der Waals surface area contributed by atoms with Gasteiger partial charge in [-0.3, -0.25) is 0 Å². The molecule has 0 atom stereocenters. The van der Waals surface area contributed by atoms with Gasteiger partial charge < -0.3 is 4.42 Å². The van der Waals surface area contributed by atoms with Crippen molar-refractivity contribution in [2.24, 2.45) is 0 Å². The zero-order chi connectivity index (χ0) is 30.6. The maximum atomic E-state index is 6.45. The van der Waals surface area contributed by atoms with E-state index in [9.17, 15) is 0 Å². The molecule has 0 saturated carbocycles. The molecule has 1 nitrogen and oxygen atoms in total. The predicted octanol–water partition coefficient (Wildman–Crippen LogP) is 12.7. The predicted molar refractivity (Wildman–Crippen MR) is 195 cm³/mol. The number of rotatable bonds is 2. The van der Waals surface area contributed by atoms with E-state index in [1.807, 2.05) is 0 Å². The van der Waals surface area contributed by atoms with Gasteiger partial charge in [-0.15, -0.1) is 0 Å². The van der Waals surface area contributed by atoms with E-state index in [2.05, 4.69) is 159 Å². The van der Waals surface area contributed by atoms with E-state index >= 15 is 0 Å². The molecule has 1 heterocycles. The number of hydrogen-bond acceptors (Lipinski definition) is 1. The molecule has 46 heavy (non-hydrogen) atoms. The van der Waals surface area contributed by atoms with Crippen LogP contribution in [0.4, 0.5) is 0 Å². The van der Waals surface area contributed by atoms with Gasteiger partial charge >= 0.3 is 0 Å². The Hall–Kier alpha value is -5.66. The molecule has 0 radical (unpaired) electrons. The van der Waals surface area contributed by atoms with E-state index in [0.717, 1.165) is 16.6 Å². The molecule has 1 aromatic heterocycles. The minimum Gasteiger partial charge on any atom is -0.456 e. The van der Waals surface area contributed by atoms with Crippen LogP contribution in [0.3, 0.4) is 0 Å². The van der Waals surface area contributed by atoms with E-state index in [1.54, 1.807) is 0 Å². The van der Waals surface area contributed by atoms with Gasteiger partial charge in [0, 0.05) is 16.2 Å². The standard InChI is InChI=1S/C45H30O/c1-45(2)38-19-8-7-16-36(38)44-39(45)25-31-23-30(21-22-34(31)43(44)35-18-9-14-27-11-5-6-15-32(27)35)33-17-10-20-40-42(33)37-24-28-12-3-4-13-29(28)26-41(37)46-40/h3-26H,1-2H3. The van der Waals surface area contributed by atoms with E-state index in [4.69, 9.17) is 4.42 Å². The molecular weight excluding hydrogens is 556 g/mol. The first kappa shape index (κ1) is 25.6. The van der Waals surface area contributed by atoms with Gasteiger partial charge in [-0.05, 0) is 107 Å². The van der Waals surface area contributed by atoms with Crippen LogP contribution in [0.5, 0.6) is 0 Å². The summed E-state index contributed by atoms with van der Waals surface area (Å²) in [5.74, 6) is 0. The maximum Gasteiger partial charge on any atom is 0.136 e. The van der Waals surface area contributed by atoms with E-state index in [0.29, 0.717) is 0 Å². The number of fused-ring (bicyclic) bond motifs is 9. The van der Waals surface area contributed by atoms with Gasteiger partial charge in [-0.25, -0.2) is 0 Å². The van der Waals surface area contributed by atoms with Crippen LogP contribution in [0.1, 0.15) is 25.0 Å². The largest absolute Gasteiger partial charge is 0.456 e. The Kier molecular flexibility index (Phi) is 5.12. The highest BCUT2D eigenvalue weighted by Crippen LogP contribution is 2.55. The lowest BCUT2D eigenvalue weighted by Crippen LogP contribution is -2.15. The van der Waals surface area contributed by atoms with Gasteiger partial charge in [0.15, 0.2) is 0 Å². The number of hydrogen-bond donors (Lipinski definition) is 0. The van der Waals surface area contributed by atoms with Crippen molar-refractivity contribution < 1.29 is 4.42 Å². The van der Waals surface area contributed by atoms with E-state index in [-0.39, 0.29) is 5.41 Å². The lowest BCUT2D eigenvalue weighted by molar-refractivity contribution is 0.661. The van der Waals surface area contributed by atoms with Crippen molar-refractivity contribution in [1.82, 2.24) is 0 Å². The van der Waals surface area contributed by atoms with Crippen molar-refractivity contribution in [3.8, 4) is 33.4 Å². The van der Waals surface area contributed by atoms with Crippen molar-refractivity contribution in [3.63, 3.8) is 0 Å². The number of benzene rings is 8. The van der Waals surface area contributed by atoms with Crippen LogP contribution in [0, 0.1) is 0 Å². The third-order valence-electron chi connectivity index (χ3n) is 10.4. The summed E-state index contributed by atoms with van der Waals surface area (Å²) in [5, 5.41) is 9.84. The van der Waals surface area contributed by atoms with Gasteiger partial charge in [0.25, 0.3) is 0 Å². The fourth-order valence-corrected chi connectivity index (χ4v) is 8.21. The third-order valence-corrected chi connectivity index (χ3v) is 10.4. The highest BCUT2D eigenvalue weighted by Gasteiger charge is 2.37. The first-order valence-electron chi connectivity index (χ1n) is 16.1. The summed E-state index contributed by atoms with van der Waals surface area (Å²) in [7, 11) is 0. The minimum atomic E-state index is -0.114. The molecule has 9 aromatic rings. The van der Waals surface area contributed by atoms with Crippen LogP contribution < -0.4 is 0 Å². The summed E-state index contributed by atoms with van der Waals surface area (Å²) in [4.78, 5) is 0. The van der Waals surface area contributed by atoms with Crippen LogP contribution in [-0.4, -0.2) is 0 Å². The van der Waals surface area contributed by atoms with Gasteiger partial charge in [0.05, 0.1) is 0 Å². The molecule has 8 aromatic carbocycles. The second-order valence-corrected chi connectivity index (χ2v) is 13.3. The van der Waals surface area contributed by atoms with E-state index in [1.165, 1.54) is 82.2 Å². The molecule has 0 bridgehead atoms. The van der Waals surface area contributed by atoms with Crippen molar-refractivity contribution in [2.45, 2.75) is 19.3 Å². The lowest BCUT2D eigenvalue weighted by atomic mass is 9.80. The van der Waals surface area contributed by atoms with Crippen molar-refractivity contribution in [1.29, 1.82) is 0 Å². The van der Waals surface area contributed by atoms with Gasteiger partial charge in [0.2, 0.25) is 0 Å². The molecule has 0 amide bonds. The molecule has 10 rings (SSSR count). The zero-order valence-corrected chi connectivity index (χ0v) is 25.8. The SMILES string of the molecule is CC1(C)c2ccccc2-c2c1cc1cc(-c3cccc4oc5cc6ccccc6cc5c34)ccc1c2-c1cccc2ccccc12. The summed E-state index contributed by atoms with van der Waals surface area (Å²) in [5.41, 5.74) is 12.2. The third kappa shape index (κ3) is 3.46. The molecule has 0 saturated heterocycles. The van der Waals surface area contributed by atoms with Crippen LogP contribution >= 0.6 is 0 Å². The van der Waals surface area contributed by atoms with E-state index < -0.39 is 0 Å². The Bertz CT molecular complexity index is 2720. The summed E-state index contributed by atoms with van der Waals surface area (Å²) in [6.07, 6.45) is 0. The summed E-state index contributed by atoms with van der Waals surface area (Å²) < 4.78 is 6.45. The summed E-state index contributed by atoms with van der Waals surface area (Å²) in [6.45, 7) is 4.76. The average molecular weight is 587 g/mol. The van der Waals surface area contributed by atoms with Crippen LogP contribution in [0.2, 0.25) is 0 Å². The summed E-state index contributed by atoms with van der Waals surface area (Å²) >= 11 is 0. The molecule has 0 aliphatic heterocycles. The van der Waals surface area contributed by atoms with Crippen molar-refractivity contribution in [3.05, 3.63) is 157 Å². The Morgan fingerprint density at radius 1 is 0.413 bits per heavy atom. The Balaban J connectivity index is 1.29. The van der Waals surface area contributed by atoms with Crippen LogP contribution in [-0.2, 0) is 5.41 Å². The van der Waals surface area contributed by atoms with Gasteiger partial charge in [0.1, 0.15) is 11.2 Å². The Morgan fingerprint density at radius 2 is 1.11 bits per heavy atom. The smallest absolute Gasteiger partial charge is 0.136 e. The average Bonchev–Trinajstić information content (AvgIpc) is 3.57. The number of furan rings is 1. The molecule has 1 aliphatic carbocycles. The monoisotopic (exact) mass is 586 g/mol. The summed E-state index contributed by atoms with van der Waals surface area (Å²) in [6, 6.07) is 53.5. The fraction of sp³-hybridized carbons (Fsp3) is 0.0667. The zero-order valence-electron chi connectivity index (χ0n) is 25.8. The molecule has 1 heteroatoms. The lowest BCUT2D eigenvalue weighted by Gasteiger charge is -2.23. The normalized spacial score (nSPS) is 13.6. The van der Waals surface area contributed by atoms with Gasteiger partial charge in [-0.1, -0.05) is 129 Å². The van der Waals surface area contributed by atoms with Crippen molar-refractivity contribution in [2.75, 3.05) is 0 Å². The first-order chi connectivity index (χ1) is 22.6. The van der Waals surface area contributed by atoms with Gasteiger partial charge in [-0.2, -0.15) is 0 Å². The van der Waals surface area contributed by atoms with Crippen molar-refractivity contribution >= 4 is 54.3 Å². The van der Waals surface area contributed by atoms with Crippen LogP contribution in [0.15, 0.2) is 150 Å². The molecule has 216 valence electrons. The highest BCUT2D eigenvalue weighted by molar-refractivity contribution is 6.17. The molecule has 1 aliphatic rings. The molecule has 0 fully saturated rings. The first-order valence-corrected chi connectivity index (χ1v) is 16.1. The highest BCUT2D eigenvalue weighted by atomic mass is 16.3. The second kappa shape index (κ2) is 9.19. The Labute approximate surface area is 267 Å². The maximum absolute atomic E-state index is 6.45. The second-order valence-electron chi connectivity index (χ2n) is 13.3.